The second kappa shape index (κ2) is 5.48. The molecule has 2 fully saturated rings. The molecule has 16 heavy (non-hydrogen) atoms. The third kappa shape index (κ3) is 2.41. The number of aliphatic hydroxyl groups is 1. The van der Waals surface area contributed by atoms with Crippen LogP contribution in [0.1, 0.15) is 51.4 Å². The molecule has 1 saturated heterocycles. The third-order valence-corrected chi connectivity index (χ3v) is 4.45. The molecule has 0 aromatic rings. The van der Waals surface area contributed by atoms with Gasteiger partial charge in [0.1, 0.15) is 0 Å². The van der Waals surface area contributed by atoms with Crippen molar-refractivity contribution in [3.63, 3.8) is 0 Å². The summed E-state index contributed by atoms with van der Waals surface area (Å²) >= 11 is 0. The first-order valence-electron chi connectivity index (χ1n) is 6.78. The molecule has 1 aliphatic carbocycles. The number of hydrogen-bond acceptors (Lipinski definition) is 3. The van der Waals surface area contributed by atoms with Gasteiger partial charge in [0.15, 0.2) is 0 Å². The van der Waals surface area contributed by atoms with Crippen molar-refractivity contribution in [2.45, 2.75) is 63.6 Å². The summed E-state index contributed by atoms with van der Waals surface area (Å²) in [7, 11) is 0. The maximum absolute atomic E-state index is 10.5. The second-order valence-corrected chi connectivity index (χ2v) is 5.48. The minimum absolute atomic E-state index is 0.0432. The molecule has 2 atom stereocenters. The molecule has 0 bridgehead atoms. The summed E-state index contributed by atoms with van der Waals surface area (Å²) in [4.78, 5) is 0. The van der Waals surface area contributed by atoms with E-state index in [1.165, 1.54) is 25.7 Å². The van der Waals surface area contributed by atoms with Gasteiger partial charge in [-0.15, -0.1) is 0 Å². The van der Waals surface area contributed by atoms with Gasteiger partial charge < -0.3 is 15.6 Å². The van der Waals surface area contributed by atoms with E-state index in [0.29, 0.717) is 6.54 Å². The first-order valence-corrected chi connectivity index (χ1v) is 6.78. The Balaban J connectivity index is 2.05. The summed E-state index contributed by atoms with van der Waals surface area (Å²) in [5, 5.41) is 10.5. The van der Waals surface area contributed by atoms with Gasteiger partial charge in [-0.3, -0.25) is 0 Å². The smallest absolute Gasteiger partial charge is 0.0869 e. The minimum atomic E-state index is -0.349. The molecule has 3 N–H and O–H groups in total. The number of nitrogens with two attached hydrogens (primary N) is 1. The lowest BCUT2D eigenvalue weighted by molar-refractivity contribution is -0.0776. The lowest BCUT2D eigenvalue weighted by Gasteiger charge is -2.39. The molecule has 0 radical (unpaired) electrons. The first kappa shape index (κ1) is 12.3. The average molecular weight is 227 g/mol. The van der Waals surface area contributed by atoms with Gasteiger partial charge in [0.05, 0.1) is 12.2 Å². The Labute approximate surface area is 98.4 Å². The first-order chi connectivity index (χ1) is 7.78. The molecule has 0 aromatic carbocycles. The van der Waals surface area contributed by atoms with Crippen LogP contribution in [0.15, 0.2) is 0 Å². The largest absolute Gasteiger partial charge is 0.390 e. The van der Waals surface area contributed by atoms with Crippen molar-refractivity contribution in [3.05, 3.63) is 0 Å². The maximum Gasteiger partial charge on any atom is 0.0869 e. The molecule has 2 rings (SSSR count). The summed E-state index contributed by atoms with van der Waals surface area (Å²) in [6.45, 7) is 1.41. The Bertz CT molecular complexity index is 206. The van der Waals surface area contributed by atoms with E-state index in [9.17, 15) is 5.11 Å². The highest BCUT2D eigenvalue weighted by Gasteiger charge is 2.42. The summed E-state index contributed by atoms with van der Waals surface area (Å²) in [5.74, 6) is 0. The Morgan fingerprint density at radius 1 is 1.19 bits per heavy atom. The maximum atomic E-state index is 10.5. The summed E-state index contributed by atoms with van der Waals surface area (Å²) in [6.07, 6.45) is 8.93. The molecule has 94 valence electrons. The van der Waals surface area contributed by atoms with Crippen molar-refractivity contribution < 1.29 is 9.84 Å². The van der Waals surface area contributed by atoms with Crippen LogP contribution >= 0.6 is 0 Å². The van der Waals surface area contributed by atoms with Crippen LogP contribution in [0.25, 0.3) is 0 Å². The fraction of sp³-hybridized carbons (Fsp3) is 1.00. The number of ether oxygens (including phenoxy) is 1. The Kier molecular flexibility index (Phi) is 4.22. The molecular formula is C13H25NO2. The minimum Gasteiger partial charge on any atom is -0.390 e. The van der Waals surface area contributed by atoms with Gasteiger partial charge in [0, 0.05) is 18.6 Å². The van der Waals surface area contributed by atoms with Gasteiger partial charge >= 0.3 is 0 Å². The molecule has 3 nitrogen and oxygen atoms in total. The Morgan fingerprint density at radius 2 is 1.88 bits per heavy atom. The van der Waals surface area contributed by atoms with E-state index in [1.807, 2.05) is 0 Å². The van der Waals surface area contributed by atoms with Gasteiger partial charge in [-0.1, -0.05) is 25.7 Å². The molecule has 1 heterocycles. The third-order valence-electron chi connectivity index (χ3n) is 4.45. The van der Waals surface area contributed by atoms with Crippen LogP contribution < -0.4 is 5.73 Å². The fourth-order valence-electron chi connectivity index (χ4n) is 3.30. The molecule has 1 saturated carbocycles. The summed E-state index contributed by atoms with van der Waals surface area (Å²) in [5.41, 5.74) is 5.90. The molecular weight excluding hydrogens is 202 g/mol. The lowest BCUT2D eigenvalue weighted by atomic mass is 9.73. The van der Waals surface area contributed by atoms with Gasteiger partial charge in [0.2, 0.25) is 0 Å². The topological polar surface area (TPSA) is 55.5 Å². The predicted octanol–water partition coefficient (Wildman–Crippen LogP) is 1.83. The molecule has 1 aliphatic heterocycles. The van der Waals surface area contributed by atoms with E-state index in [1.54, 1.807) is 0 Å². The molecule has 0 amide bonds. The number of aliphatic hydroxyl groups excluding tert-OH is 1. The zero-order valence-corrected chi connectivity index (χ0v) is 10.2. The van der Waals surface area contributed by atoms with E-state index in [2.05, 4.69) is 0 Å². The predicted molar refractivity (Wildman–Crippen MR) is 64.2 cm³/mol. The van der Waals surface area contributed by atoms with Crippen LogP contribution in [0.5, 0.6) is 0 Å². The normalized spacial score (nSPS) is 32.2. The zero-order valence-electron chi connectivity index (χ0n) is 10.2. The van der Waals surface area contributed by atoms with Crippen LogP contribution in [0.4, 0.5) is 0 Å². The van der Waals surface area contributed by atoms with Gasteiger partial charge in [0.25, 0.3) is 0 Å². The van der Waals surface area contributed by atoms with Crippen LogP contribution in [0, 0.1) is 5.41 Å². The Hall–Kier alpha value is -0.120. The highest BCUT2D eigenvalue weighted by Crippen LogP contribution is 2.40. The molecule has 2 unspecified atom stereocenters. The van der Waals surface area contributed by atoms with E-state index < -0.39 is 0 Å². The SMILES string of the molecule is NCC1(C(O)C2CCCO2)CCCCCC1. The van der Waals surface area contributed by atoms with Crippen LogP contribution in [-0.4, -0.2) is 30.5 Å². The Morgan fingerprint density at radius 3 is 2.38 bits per heavy atom. The average Bonchev–Trinajstić information content (AvgIpc) is 2.73. The van der Waals surface area contributed by atoms with Crippen molar-refractivity contribution in [1.29, 1.82) is 0 Å². The van der Waals surface area contributed by atoms with E-state index in [-0.39, 0.29) is 17.6 Å². The number of hydrogen-bond donors (Lipinski definition) is 2. The summed E-state index contributed by atoms with van der Waals surface area (Å²) in [6, 6.07) is 0. The molecule has 2 aliphatic rings. The summed E-state index contributed by atoms with van der Waals surface area (Å²) < 4.78 is 5.63. The molecule has 0 spiro atoms. The van der Waals surface area contributed by atoms with Gasteiger partial charge in [-0.25, -0.2) is 0 Å². The van der Waals surface area contributed by atoms with Crippen LogP contribution in [0.2, 0.25) is 0 Å². The molecule has 0 aromatic heterocycles. The van der Waals surface area contributed by atoms with Crippen molar-refractivity contribution in [2.75, 3.05) is 13.2 Å². The van der Waals surface area contributed by atoms with E-state index in [0.717, 1.165) is 32.3 Å². The standard InChI is InChI=1S/C13H25NO2/c14-10-13(7-3-1-2-4-8-13)12(15)11-6-5-9-16-11/h11-12,15H,1-10,14H2. The van der Waals surface area contributed by atoms with Gasteiger partial charge in [-0.05, 0) is 25.7 Å². The second-order valence-electron chi connectivity index (χ2n) is 5.48. The fourth-order valence-corrected chi connectivity index (χ4v) is 3.30. The zero-order chi connectivity index (χ0) is 11.4. The van der Waals surface area contributed by atoms with Crippen LogP contribution in [0.3, 0.4) is 0 Å². The van der Waals surface area contributed by atoms with Crippen molar-refractivity contribution >= 4 is 0 Å². The van der Waals surface area contributed by atoms with E-state index in [4.69, 9.17) is 10.5 Å². The quantitative estimate of drug-likeness (QED) is 0.723. The van der Waals surface area contributed by atoms with Crippen molar-refractivity contribution in [2.24, 2.45) is 11.1 Å². The van der Waals surface area contributed by atoms with E-state index >= 15 is 0 Å². The van der Waals surface area contributed by atoms with Gasteiger partial charge in [-0.2, -0.15) is 0 Å². The highest BCUT2D eigenvalue weighted by molar-refractivity contribution is 4.94. The highest BCUT2D eigenvalue weighted by atomic mass is 16.5. The monoisotopic (exact) mass is 227 g/mol. The van der Waals surface area contributed by atoms with Crippen molar-refractivity contribution in [1.82, 2.24) is 0 Å². The van der Waals surface area contributed by atoms with Crippen LogP contribution in [-0.2, 0) is 4.74 Å². The van der Waals surface area contributed by atoms with Crippen molar-refractivity contribution in [3.8, 4) is 0 Å². The molecule has 3 heteroatoms. The number of rotatable bonds is 3. The lowest BCUT2D eigenvalue weighted by Crippen LogP contribution is -2.47.